The van der Waals surface area contributed by atoms with Crippen LogP contribution in [0.5, 0.6) is 5.75 Å². The number of carboxylic acids is 1. The standard InChI is InChI=1S/C12H8ClFO3S/c13-11-4-2-8(18-11)6-17-7-1-3-9(12(15)16)10(14)5-7/h1-5H,6H2,(H,15,16). The molecule has 94 valence electrons. The lowest BCUT2D eigenvalue weighted by atomic mass is 10.2. The molecule has 1 aromatic heterocycles. The Bertz CT molecular complexity index is 582. The van der Waals surface area contributed by atoms with Gasteiger partial charge in [-0.05, 0) is 24.3 Å². The van der Waals surface area contributed by atoms with Crippen LogP contribution in [0.3, 0.4) is 0 Å². The summed E-state index contributed by atoms with van der Waals surface area (Å²) in [4.78, 5) is 11.5. The van der Waals surface area contributed by atoms with E-state index in [0.717, 1.165) is 10.9 Å². The van der Waals surface area contributed by atoms with Crippen molar-refractivity contribution < 1.29 is 19.0 Å². The molecule has 0 aliphatic rings. The summed E-state index contributed by atoms with van der Waals surface area (Å²) in [5, 5.41) is 8.67. The van der Waals surface area contributed by atoms with Crippen molar-refractivity contribution in [1.82, 2.24) is 0 Å². The molecule has 0 atom stereocenters. The number of aromatic carboxylic acids is 1. The third-order valence-electron chi connectivity index (χ3n) is 2.18. The molecule has 2 rings (SSSR count). The zero-order valence-electron chi connectivity index (χ0n) is 9.02. The van der Waals surface area contributed by atoms with Gasteiger partial charge >= 0.3 is 5.97 Å². The van der Waals surface area contributed by atoms with Gasteiger partial charge in [-0.15, -0.1) is 11.3 Å². The normalized spacial score (nSPS) is 10.3. The highest BCUT2D eigenvalue weighted by molar-refractivity contribution is 7.16. The van der Waals surface area contributed by atoms with Gasteiger partial charge in [0.25, 0.3) is 0 Å². The lowest BCUT2D eigenvalue weighted by Crippen LogP contribution is -2.01. The summed E-state index contributed by atoms with van der Waals surface area (Å²) in [6.45, 7) is 0.267. The predicted molar refractivity (Wildman–Crippen MR) is 67.0 cm³/mol. The summed E-state index contributed by atoms with van der Waals surface area (Å²) < 4.78 is 19.3. The van der Waals surface area contributed by atoms with E-state index < -0.39 is 11.8 Å². The smallest absolute Gasteiger partial charge is 0.338 e. The average molecular weight is 287 g/mol. The lowest BCUT2D eigenvalue weighted by Gasteiger charge is -2.05. The van der Waals surface area contributed by atoms with Gasteiger partial charge in [0.05, 0.1) is 9.90 Å². The maximum atomic E-state index is 13.4. The van der Waals surface area contributed by atoms with E-state index in [4.69, 9.17) is 21.4 Å². The molecule has 0 spiro atoms. The number of rotatable bonds is 4. The maximum Gasteiger partial charge on any atom is 0.338 e. The van der Waals surface area contributed by atoms with Crippen molar-refractivity contribution in [3.63, 3.8) is 0 Å². The van der Waals surface area contributed by atoms with Gasteiger partial charge in [0.1, 0.15) is 18.2 Å². The molecule has 0 unspecified atom stereocenters. The van der Waals surface area contributed by atoms with Gasteiger partial charge in [0.2, 0.25) is 0 Å². The third kappa shape index (κ3) is 3.00. The molecule has 3 nitrogen and oxygen atoms in total. The molecule has 1 aromatic carbocycles. The van der Waals surface area contributed by atoms with Gasteiger partial charge in [-0.3, -0.25) is 0 Å². The summed E-state index contributed by atoms with van der Waals surface area (Å²) in [6.07, 6.45) is 0. The Hall–Kier alpha value is -1.59. The minimum absolute atomic E-state index is 0.267. The second-order valence-electron chi connectivity index (χ2n) is 3.44. The quantitative estimate of drug-likeness (QED) is 0.929. The fourth-order valence-corrected chi connectivity index (χ4v) is 2.34. The molecule has 0 saturated carbocycles. The van der Waals surface area contributed by atoms with Crippen molar-refractivity contribution in [2.45, 2.75) is 6.61 Å². The van der Waals surface area contributed by atoms with Gasteiger partial charge in [-0.1, -0.05) is 11.6 Å². The van der Waals surface area contributed by atoms with Crippen LogP contribution in [0.2, 0.25) is 4.34 Å². The van der Waals surface area contributed by atoms with E-state index in [1.807, 2.05) is 6.07 Å². The van der Waals surface area contributed by atoms with E-state index >= 15 is 0 Å². The van der Waals surface area contributed by atoms with Crippen molar-refractivity contribution in [2.24, 2.45) is 0 Å². The number of carbonyl (C=O) groups is 1. The molecule has 0 aliphatic carbocycles. The molecule has 0 amide bonds. The highest BCUT2D eigenvalue weighted by Crippen LogP contribution is 2.23. The van der Waals surface area contributed by atoms with Crippen LogP contribution < -0.4 is 4.74 Å². The number of thiophene rings is 1. The fraction of sp³-hybridized carbons (Fsp3) is 0.0833. The molecule has 0 fully saturated rings. The molecule has 0 aliphatic heterocycles. The van der Waals surface area contributed by atoms with E-state index in [0.29, 0.717) is 4.34 Å². The minimum atomic E-state index is -1.30. The topological polar surface area (TPSA) is 46.5 Å². The molecule has 1 N–H and O–H groups in total. The monoisotopic (exact) mass is 286 g/mol. The first-order valence-electron chi connectivity index (χ1n) is 4.96. The van der Waals surface area contributed by atoms with E-state index in [9.17, 15) is 9.18 Å². The highest BCUT2D eigenvalue weighted by Gasteiger charge is 2.11. The van der Waals surface area contributed by atoms with E-state index in [1.54, 1.807) is 6.07 Å². The van der Waals surface area contributed by atoms with Crippen LogP contribution in [-0.2, 0) is 6.61 Å². The minimum Gasteiger partial charge on any atom is -0.488 e. The SMILES string of the molecule is O=C(O)c1ccc(OCc2ccc(Cl)s2)cc1F. The molecule has 2 aromatic rings. The molecule has 18 heavy (non-hydrogen) atoms. The number of hydrogen-bond acceptors (Lipinski definition) is 3. The van der Waals surface area contributed by atoms with Crippen LogP contribution in [0.25, 0.3) is 0 Å². The Morgan fingerprint density at radius 2 is 2.17 bits per heavy atom. The number of halogens is 2. The first-order valence-corrected chi connectivity index (χ1v) is 6.15. The predicted octanol–water partition coefficient (Wildman–Crippen LogP) is 3.82. The van der Waals surface area contributed by atoms with Crippen LogP contribution in [0, 0.1) is 5.82 Å². The Labute approximate surface area is 111 Å². The molecule has 1 heterocycles. The lowest BCUT2D eigenvalue weighted by molar-refractivity contribution is 0.0692. The number of ether oxygens (including phenoxy) is 1. The van der Waals surface area contributed by atoms with E-state index in [2.05, 4.69) is 0 Å². The van der Waals surface area contributed by atoms with Crippen LogP contribution in [0.15, 0.2) is 30.3 Å². The molecule has 0 bridgehead atoms. The Balaban J connectivity index is 2.06. The van der Waals surface area contributed by atoms with Crippen molar-refractivity contribution in [3.8, 4) is 5.75 Å². The number of carboxylic acid groups (broad SMARTS) is 1. The summed E-state index contributed by atoms with van der Waals surface area (Å²) in [7, 11) is 0. The van der Waals surface area contributed by atoms with Gasteiger partial charge < -0.3 is 9.84 Å². The molecule has 0 saturated heterocycles. The highest BCUT2D eigenvalue weighted by atomic mass is 35.5. The molecular weight excluding hydrogens is 279 g/mol. The fourth-order valence-electron chi connectivity index (χ4n) is 1.34. The third-order valence-corrected chi connectivity index (χ3v) is 3.39. The number of benzene rings is 1. The van der Waals surface area contributed by atoms with Gasteiger partial charge in [-0.25, -0.2) is 9.18 Å². The van der Waals surface area contributed by atoms with Crippen LogP contribution in [0.1, 0.15) is 15.2 Å². The average Bonchev–Trinajstić information content (AvgIpc) is 2.72. The zero-order valence-corrected chi connectivity index (χ0v) is 10.6. The molecule has 0 radical (unpaired) electrons. The van der Waals surface area contributed by atoms with E-state index in [-0.39, 0.29) is 17.9 Å². The molecular formula is C12H8ClFO3S. The zero-order chi connectivity index (χ0) is 13.1. The van der Waals surface area contributed by atoms with Crippen molar-refractivity contribution >= 4 is 28.9 Å². The Morgan fingerprint density at radius 1 is 1.39 bits per heavy atom. The van der Waals surface area contributed by atoms with E-state index in [1.165, 1.54) is 23.5 Å². The summed E-state index contributed by atoms with van der Waals surface area (Å²) in [5.74, 6) is -1.84. The Morgan fingerprint density at radius 3 is 2.72 bits per heavy atom. The summed E-state index contributed by atoms with van der Waals surface area (Å²) in [6, 6.07) is 7.21. The van der Waals surface area contributed by atoms with Crippen LogP contribution >= 0.6 is 22.9 Å². The Kier molecular flexibility index (Phi) is 3.84. The van der Waals surface area contributed by atoms with Crippen molar-refractivity contribution in [1.29, 1.82) is 0 Å². The van der Waals surface area contributed by atoms with Gasteiger partial charge in [0, 0.05) is 10.9 Å². The summed E-state index contributed by atoms with van der Waals surface area (Å²) in [5.41, 5.74) is -0.374. The van der Waals surface area contributed by atoms with Crippen molar-refractivity contribution in [2.75, 3.05) is 0 Å². The van der Waals surface area contributed by atoms with Crippen molar-refractivity contribution in [3.05, 3.63) is 50.9 Å². The van der Waals surface area contributed by atoms with Crippen LogP contribution in [-0.4, -0.2) is 11.1 Å². The van der Waals surface area contributed by atoms with Crippen LogP contribution in [0.4, 0.5) is 4.39 Å². The first kappa shape index (κ1) is 12.9. The maximum absolute atomic E-state index is 13.4. The second kappa shape index (κ2) is 5.37. The largest absolute Gasteiger partial charge is 0.488 e. The molecule has 6 heteroatoms. The number of hydrogen-bond donors (Lipinski definition) is 1. The first-order chi connectivity index (χ1) is 8.56. The van der Waals surface area contributed by atoms with Gasteiger partial charge in [-0.2, -0.15) is 0 Å². The second-order valence-corrected chi connectivity index (χ2v) is 5.24. The van der Waals surface area contributed by atoms with Gasteiger partial charge in [0.15, 0.2) is 0 Å². The summed E-state index contributed by atoms with van der Waals surface area (Å²) >= 11 is 7.13.